The number of hydrogen-bond donors (Lipinski definition) is 1. The molecule has 1 N–H and O–H groups in total. The lowest BCUT2D eigenvalue weighted by Gasteiger charge is -2.07. The number of halogens is 2. The van der Waals surface area contributed by atoms with Gasteiger partial charge in [-0.05, 0) is 31.0 Å². The molecule has 1 aliphatic carbocycles. The number of H-pyrrole nitrogens is 1. The van der Waals surface area contributed by atoms with Crippen molar-refractivity contribution in [3.05, 3.63) is 49.9 Å². The predicted molar refractivity (Wildman–Crippen MR) is 84.3 cm³/mol. The van der Waals surface area contributed by atoms with Crippen molar-refractivity contribution in [1.82, 2.24) is 9.78 Å². The number of aromatic amines is 1. The van der Waals surface area contributed by atoms with Gasteiger partial charge in [-0.15, -0.1) is 0 Å². The van der Waals surface area contributed by atoms with Crippen molar-refractivity contribution < 1.29 is 9.53 Å². The van der Waals surface area contributed by atoms with Crippen molar-refractivity contribution in [3.63, 3.8) is 0 Å². The molecule has 22 heavy (non-hydrogen) atoms. The van der Waals surface area contributed by atoms with E-state index in [2.05, 4.69) is 5.10 Å². The van der Waals surface area contributed by atoms with Crippen LogP contribution in [0.25, 0.3) is 0 Å². The topological polar surface area (TPSA) is 64.1 Å². The van der Waals surface area contributed by atoms with Gasteiger partial charge in [0, 0.05) is 18.0 Å². The molecule has 0 aliphatic heterocycles. The van der Waals surface area contributed by atoms with Crippen LogP contribution in [0.3, 0.4) is 0 Å². The molecule has 116 valence electrons. The molecule has 0 spiro atoms. The van der Waals surface area contributed by atoms with Gasteiger partial charge in [0.1, 0.15) is 11.3 Å². The summed E-state index contributed by atoms with van der Waals surface area (Å²) in [7, 11) is 1.60. The van der Waals surface area contributed by atoms with Crippen LogP contribution < -0.4 is 10.3 Å². The van der Waals surface area contributed by atoms with Crippen molar-refractivity contribution in [2.24, 2.45) is 7.05 Å². The van der Waals surface area contributed by atoms with Crippen molar-refractivity contribution >= 4 is 29.0 Å². The third kappa shape index (κ3) is 2.91. The van der Waals surface area contributed by atoms with E-state index in [1.54, 1.807) is 19.2 Å². The molecule has 3 rings (SSSR count). The number of ketones is 1. The fourth-order valence-corrected chi connectivity index (χ4v) is 2.78. The second kappa shape index (κ2) is 5.82. The van der Waals surface area contributed by atoms with Gasteiger partial charge in [-0.25, -0.2) is 0 Å². The molecule has 1 aromatic heterocycles. The zero-order valence-electron chi connectivity index (χ0n) is 11.9. The monoisotopic (exact) mass is 340 g/mol. The number of hydrogen-bond acceptors (Lipinski definition) is 3. The first kappa shape index (κ1) is 15.2. The number of carbonyl (C=O) groups excluding carboxylic acids is 1. The number of nitrogens with zero attached hydrogens (tertiary/aromatic N) is 1. The highest BCUT2D eigenvalue weighted by Crippen LogP contribution is 2.40. The fraction of sp³-hybridized carbons (Fsp3) is 0.333. The maximum Gasteiger partial charge on any atom is 0.277 e. The minimum Gasteiger partial charge on any atom is -0.484 e. The molecule has 1 aliphatic rings. The SMILES string of the molecule is Cn1[nH]c(C2CC2)c(C(=O)COc2ccc(Cl)cc2Cl)c1=O. The minimum absolute atomic E-state index is 0.190. The highest BCUT2D eigenvalue weighted by atomic mass is 35.5. The number of aryl methyl sites for hydroxylation is 1. The maximum atomic E-state index is 12.4. The van der Waals surface area contributed by atoms with Crippen LogP contribution in [0.1, 0.15) is 34.8 Å². The Bertz CT molecular complexity index is 791. The Kier molecular flexibility index (Phi) is 4.02. The van der Waals surface area contributed by atoms with Crippen LogP contribution in [-0.2, 0) is 7.05 Å². The van der Waals surface area contributed by atoms with Gasteiger partial charge < -0.3 is 4.74 Å². The van der Waals surface area contributed by atoms with E-state index in [-0.39, 0.29) is 29.4 Å². The van der Waals surface area contributed by atoms with Crippen molar-refractivity contribution in [2.75, 3.05) is 6.61 Å². The van der Waals surface area contributed by atoms with E-state index in [0.29, 0.717) is 21.5 Å². The Morgan fingerprint density at radius 1 is 1.41 bits per heavy atom. The molecular formula is C15H14Cl2N2O3. The van der Waals surface area contributed by atoms with Gasteiger partial charge in [0.05, 0.1) is 10.7 Å². The van der Waals surface area contributed by atoms with Gasteiger partial charge in [-0.1, -0.05) is 23.2 Å². The number of nitrogens with one attached hydrogen (secondary N) is 1. The molecular weight excluding hydrogens is 327 g/mol. The van der Waals surface area contributed by atoms with Crippen LogP contribution in [-0.4, -0.2) is 22.2 Å². The highest BCUT2D eigenvalue weighted by molar-refractivity contribution is 6.35. The molecule has 1 saturated carbocycles. The maximum absolute atomic E-state index is 12.4. The van der Waals surface area contributed by atoms with Crippen LogP contribution in [0.4, 0.5) is 0 Å². The molecule has 0 unspecified atom stereocenters. The second-order valence-corrected chi connectivity index (χ2v) is 6.17. The Morgan fingerprint density at radius 2 is 2.14 bits per heavy atom. The Morgan fingerprint density at radius 3 is 2.77 bits per heavy atom. The van der Waals surface area contributed by atoms with Gasteiger partial charge in [-0.3, -0.25) is 19.4 Å². The zero-order chi connectivity index (χ0) is 15.9. The van der Waals surface area contributed by atoms with Gasteiger partial charge in [0.15, 0.2) is 6.61 Å². The van der Waals surface area contributed by atoms with Gasteiger partial charge in [0.2, 0.25) is 5.78 Å². The molecule has 1 fully saturated rings. The van der Waals surface area contributed by atoms with Crippen LogP contribution in [0.5, 0.6) is 5.75 Å². The van der Waals surface area contributed by atoms with E-state index >= 15 is 0 Å². The number of ether oxygens (including phenoxy) is 1. The van der Waals surface area contributed by atoms with E-state index in [0.717, 1.165) is 12.8 Å². The van der Waals surface area contributed by atoms with E-state index in [9.17, 15) is 9.59 Å². The average molecular weight is 341 g/mol. The quantitative estimate of drug-likeness (QED) is 0.850. The standard InChI is InChI=1S/C15H14Cl2N2O3/c1-19-15(21)13(14(18-19)8-2-3-8)11(20)7-22-12-5-4-9(16)6-10(12)17/h4-6,8,18H,2-3,7H2,1H3. The van der Waals surface area contributed by atoms with Crippen molar-refractivity contribution in [2.45, 2.75) is 18.8 Å². The van der Waals surface area contributed by atoms with Gasteiger partial charge in [-0.2, -0.15) is 0 Å². The number of carbonyl (C=O) groups is 1. The number of benzene rings is 1. The molecule has 2 aromatic rings. The molecule has 0 bridgehead atoms. The third-order valence-corrected chi connectivity index (χ3v) is 4.12. The molecule has 0 atom stereocenters. The molecule has 7 heteroatoms. The molecule has 5 nitrogen and oxygen atoms in total. The predicted octanol–water partition coefficient (Wildman–Crippen LogP) is 3.16. The first-order valence-electron chi connectivity index (χ1n) is 6.87. The summed E-state index contributed by atoms with van der Waals surface area (Å²) in [4.78, 5) is 24.5. The normalized spacial score (nSPS) is 14.1. The number of aromatic nitrogens is 2. The number of Topliss-reactive ketones (excluding diaryl/α,β-unsaturated/α-hetero) is 1. The van der Waals surface area contributed by atoms with Crippen LogP contribution >= 0.6 is 23.2 Å². The summed E-state index contributed by atoms with van der Waals surface area (Å²) in [6, 6.07) is 4.75. The van der Waals surface area contributed by atoms with Gasteiger partial charge in [0.25, 0.3) is 5.56 Å². The minimum atomic E-state index is -0.352. The van der Waals surface area contributed by atoms with Crippen molar-refractivity contribution in [1.29, 1.82) is 0 Å². The smallest absolute Gasteiger partial charge is 0.277 e. The first-order chi connectivity index (χ1) is 10.5. The molecule has 0 saturated heterocycles. The Labute approximate surface area is 136 Å². The Hall–Kier alpha value is -1.72. The van der Waals surface area contributed by atoms with Crippen LogP contribution in [0, 0.1) is 0 Å². The Balaban J connectivity index is 1.79. The second-order valence-electron chi connectivity index (χ2n) is 5.33. The lowest BCUT2D eigenvalue weighted by atomic mass is 10.1. The summed E-state index contributed by atoms with van der Waals surface area (Å²) < 4.78 is 6.75. The largest absolute Gasteiger partial charge is 0.484 e. The number of rotatable bonds is 5. The van der Waals surface area contributed by atoms with E-state index in [4.69, 9.17) is 27.9 Å². The molecule has 0 amide bonds. The lowest BCUT2D eigenvalue weighted by molar-refractivity contribution is 0.0919. The van der Waals surface area contributed by atoms with E-state index < -0.39 is 0 Å². The summed E-state index contributed by atoms with van der Waals surface area (Å²) >= 11 is 11.8. The third-order valence-electron chi connectivity index (χ3n) is 3.59. The summed E-state index contributed by atoms with van der Waals surface area (Å²) in [5.41, 5.74) is 0.580. The lowest BCUT2D eigenvalue weighted by Crippen LogP contribution is -2.23. The molecule has 1 aromatic carbocycles. The fourth-order valence-electron chi connectivity index (χ4n) is 2.31. The molecule has 0 radical (unpaired) electrons. The zero-order valence-corrected chi connectivity index (χ0v) is 13.4. The summed E-state index contributed by atoms with van der Waals surface area (Å²) in [6.45, 7) is -0.242. The first-order valence-corrected chi connectivity index (χ1v) is 7.63. The molecule has 1 heterocycles. The summed E-state index contributed by atoms with van der Waals surface area (Å²) in [6.07, 6.45) is 1.98. The van der Waals surface area contributed by atoms with Crippen LogP contribution in [0.15, 0.2) is 23.0 Å². The summed E-state index contributed by atoms with van der Waals surface area (Å²) in [5, 5.41) is 3.77. The average Bonchev–Trinajstić information content (AvgIpc) is 3.25. The van der Waals surface area contributed by atoms with E-state index in [1.165, 1.54) is 10.7 Å². The van der Waals surface area contributed by atoms with E-state index in [1.807, 2.05) is 0 Å². The summed E-state index contributed by atoms with van der Waals surface area (Å²) in [5.74, 6) is 0.279. The van der Waals surface area contributed by atoms with Gasteiger partial charge >= 0.3 is 0 Å². The van der Waals surface area contributed by atoms with Crippen molar-refractivity contribution in [3.8, 4) is 5.75 Å². The highest BCUT2D eigenvalue weighted by Gasteiger charge is 2.32. The van der Waals surface area contributed by atoms with Crippen LogP contribution in [0.2, 0.25) is 10.0 Å².